The van der Waals surface area contributed by atoms with Gasteiger partial charge >= 0.3 is 0 Å². The summed E-state index contributed by atoms with van der Waals surface area (Å²) < 4.78 is 0. The lowest BCUT2D eigenvalue weighted by atomic mass is 10.0. The third-order valence-electron chi connectivity index (χ3n) is 4.33. The molecule has 0 saturated heterocycles. The maximum atomic E-state index is 3.91. The van der Waals surface area contributed by atoms with Gasteiger partial charge in [0.25, 0.3) is 0 Å². The van der Waals surface area contributed by atoms with Crippen molar-refractivity contribution in [2.24, 2.45) is 0 Å². The van der Waals surface area contributed by atoms with Crippen LogP contribution in [0.5, 0.6) is 0 Å². The molecule has 0 radical (unpaired) electrons. The van der Waals surface area contributed by atoms with Gasteiger partial charge in [0.1, 0.15) is 0 Å². The van der Waals surface area contributed by atoms with Crippen LogP contribution in [0.4, 0.5) is 0 Å². The van der Waals surface area contributed by atoms with Gasteiger partial charge in [0.05, 0.1) is 0 Å². The topological polar surface area (TPSA) is 0 Å². The third kappa shape index (κ3) is 24.2. The maximum absolute atomic E-state index is 3.91. The lowest BCUT2D eigenvalue weighted by molar-refractivity contribution is 0.504. The minimum absolute atomic E-state index is 1.02. The summed E-state index contributed by atoms with van der Waals surface area (Å²) in [6, 6.07) is 0. The molecule has 156 valence electrons. The number of allylic oxidation sites excluding steroid dienone is 13. The first-order valence-electron chi connectivity index (χ1n) is 11.3. The molecule has 0 heterocycles. The zero-order chi connectivity index (χ0) is 20.5. The van der Waals surface area contributed by atoms with Gasteiger partial charge in [-0.1, -0.05) is 111 Å². The van der Waals surface area contributed by atoms with E-state index in [1.165, 1.54) is 31.3 Å². The summed E-state index contributed by atoms with van der Waals surface area (Å²) in [5.41, 5.74) is 1.26. The van der Waals surface area contributed by atoms with E-state index in [0.717, 1.165) is 51.4 Å². The Bertz CT molecular complexity index is 500. The van der Waals surface area contributed by atoms with Crippen LogP contribution in [0, 0.1) is 0 Å². The van der Waals surface area contributed by atoms with Crippen LogP contribution < -0.4 is 0 Å². The molecule has 0 atom stereocenters. The molecular formula is C28H44. The normalized spacial score (nSPS) is 14.6. The number of rotatable bonds is 14. The Kier molecular flexibility index (Phi) is 21.7. The zero-order valence-electron chi connectivity index (χ0n) is 18.6. The molecule has 0 heteroatoms. The van der Waals surface area contributed by atoms with Crippen LogP contribution in [0.1, 0.15) is 90.9 Å². The first kappa shape index (κ1) is 26.2. The standard InChI is InChI=1S/C24H36.C4H8/c1-4-5-6-7-8-9-10-11-12-13-14-15-16-17-18-19-20-21-22-23-24(2)3;1-2-4-3-1/h5-6,8-9,11-12,14-15,17-18,20-21H,2,4,7,10,13,16,19,22-23H2,1,3H3;1-4H2/b6-5-,9-8-,12-11-,15-14-,18-17-,21-20-;. The van der Waals surface area contributed by atoms with Crippen molar-refractivity contribution in [1.82, 2.24) is 0 Å². The minimum atomic E-state index is 1.02. The molecule has 1 saturated carbocycles. The van der Waals surface area contributed by atoms with Gasteiger partial charge in [-0.25, -0.2) is 0 Å². The molecule has 1 aliphatic rings. The number of hydrogen-bond donors (Lipinski definition) is 0. The van der Waals surface area contributed by atoms with Crippen molar-refractivity contribution in [3.63, 3.8) is 0 Å². The van der Waals surface area contributed by atoms with Crippen LogP contribution in [-0.2, 0) is 0 Å². The average Bonchev–Trinajstić information content (AvgIpc) is 2.62. The van der Waals surface area contributed by atoms with E-state index >= 15 is 0 Å². The Hall–Kier alpha value is -1.82. The summed E-state index contributed by atoms with van der Waals surface area (Å²) >= 11 is 0. The molecule has 0 aromatic rings. The molecule has 0 bridgehead atoms. The molecule has 0 nitrogen and oxygen atoms in total. The summed E-state index contributed by atoms with van der Waals surface area (Å²) in [5, 5.41) is 0. The second-order valence-corrected chi connectivity index (χ2v) is 7.33. The highest BCUT2D eigenvalue weighted by molar-refractivity contribution is 5.02. The van der Waals surface area contributed by atoms with Gasteiger partial charge in [0.2, 0.25) is 0 Å². The van der Waals surface area contributed by atoms with E-state index in [1.54, 1.807) is 0 Å². The van der Waals surface area contributed by atoms with E-state index in [-0.39, 0.29) is 0 Å². The van der Waals surface area contributed by atoms with Crippen molar-refractivity contribution >= 4 is 0 Å². The van der Waals surface area contributed by atoms with Crippen LogP contribution >= 0.6 is 0 Å². The van der Waals surface area contributed by atoms with E-state index in [9.17, 15) is 0 Å². The van der Waals surface area contributed by atoms with Crippen molar-refractivity contribution in [3.8, 4) is 0 Å². The monoisotopic (exact) mass is 380 g/mol. The molecule has 0 N–H and O–H groups in total. The highest BCUT2D eigenvalue weighted by Crippen LogP contribution is 2.15. The molecule has 0 amide bonds. The minimum Gasteiger partial charge on any atom is -0.100 e. The lowest BCUT2D eigenvalue weighted by Crippen LogP contribution is -1.85. The fraction of sp³-hybridized carbons (Fsp3) is 0.500. The Balaban J connectivity index is 0.00000160. The Labute approximate surface area is 176 Å². The zero-order valence-corrected chi connectivity index (χ0v) is 18.6. The smallest absolute Gasteiger partial charge is 0.0169 e. The summed E-state index contributed by atoms with van der Waals surface area (Å²) in [4.78, 5) is 0. The molecule has 1 aliphatic carbocycles. The number of hydrogen-bond acceptors (Lipinski definition) is 0. The van der Waals surface area contributed by atoms with Gasteiger partial charge in [-0.2, -0.15) is 0 Å². The predicted molar refractivity (Wildman–Crippen MR) is 131 cm³/mol. The second kappa shape index (κ2) is 23.2. The summed E-state index contributed by atoms with van der Waals surface area (Å²) in [5.74, 6) is 0. The molecule has 28 heavy (non-hydrogen) atoms. The van der Waals surface area contributed by atoms with Crippen molar-refractivity contribution in [1.29, 1.82) is 0 Å². The second-order valence-electron chi connectivity index (χ2n) is 7.33. The van der Waals surface area contributed by atoms with Crippen molar-refractivity contribution < 1.29 is 0 Å². The van der Waals surface area contributed by atoms with Crippen LogP contribution in [0.3, 0.4) is 0 Å². The highest BCUT2D eigenvalue weighted by Gasteiger charge is 1.95. The Morgan fingerprint density at radius 3 is 1.18 bits per heavy atom. The largest absolute Gasteiger partial charge is 0.100 e. The van der Waals surface area contributed by atoms with E-state index in [0.29, 0.717) is 0 Å². The van der Waals surface area contributed by atoms with E-state index in [4.69, 9.17) is 0 Å². The molecule has 0 aliphatic heterocycles. The highest BCUT2D eigenvalue weighted by atomic mass is 14.0. The fourth-order valence-corrected chi connectivity index (χ4v) is 2.22. The van der Waals surface area contributed by atoms with Gasteiger partial charge in [-0.05, 0) is 58.3 Å². The molecule has 0 spiro atoms. The summed E-state index contributed by atoms with van der Waals surface area (Å²) in [6.07, 6.45) is 41.3. The summed E-state index contributed by atoms with van der Waals surface area (Å²) in [7, 11) is 0. The SMILES string of the molecule is C1CCC1.C=C(C)CC/C=C\C/C=C\C/C=C\C/C=C\C/C=C\C/C=C\CC. The van der Waals surface area contributed by atoms with Crippen LogP contribution in [-0.4, -0.2) is 0 Å². The van der Waals surface area contributed by atoms with Gasteiger partial charge in [-0.3, -0.25) is 0 Å². The van der Waals surface area contributed by atoms with Gasteiger partial charge < -0.3 is 0 Å². The fourth-order valence-electron chi connectivity index (χ4n) is 2.22. The molecular weight excluding hydrogens is 336 g/mol. The van der Waals surface area contributed by atoms with Gasteiger partial charge in [0, 0.05) is 0 Å². The van der Waals surface area contributed by atoms with Crippen LogP contribution in [0.2, 0.25) is 0 Å². The molecule has 0 aromatic heterocycles. The average molecular weight is 381 g/mol. The Morgan fingerprint density at radius 2 is 0.893 bits per heavy atom. The molecule has 0 aromatic carbocycles. The van der Waals surface area contributed by atoms with Gasteiger partial charge in [-0.15, -0.1) is 6.58 Å². The maximum Gasteiger partial charge on any atom is -0.0169 e. The van der Waals surface area contributed by atoms with Crippen LogP contribution in [0.15, 0.2) is 85.1 Å². The first-order chi connectivity index (χ1) is 13.8. The quantitative estimate of drug-likeness (QED) is 0.263. The van der Waals surface area contributed by atoms with E-state index in [2.05, 4.69) is 93.3 Å². The van der Waals surface area contributed by atoms with E-state index in [1.807, 2.05) is 0 Å². The van der Waals surface area contributed by atoms with Crippen LogP contribution in [0.25, 0.3) is 0 Å². The van der Waals surface area contributed by atoms with Crippen molar-refractivity contribution in [2.45, 2.75) is 90.9 Å². The predicted octanol–water partition coefficient (Wildman–Crippen LogP) is 9.60. The van der Waals surface area contributed by atoms with Gasteiger partial charge in [0.15, 0.2) is 0 Å². The molecule has 0 unspecified atom stereocenters. The van der Waals surface area contributed by atoms with Crippen molar-refractivity contribution in [3.05, 3.63) is 85.1 Å². The van der Waals surface area contributed by atoms with E-state index < -0.39 is 0 Å². The Morgan fingerprint density at radius 1 is 0.571 bits per heavy atom. The summed E-state index contributed by atoms with van der Waals surface area (Å²) in [6.45, 7) is 8.15. The molecule has 1 rings (SSSR count). The first-order valence-corrected chi connectivity index (χ1v) is 11.3. The van der Waals surface area contributed by atoms with Crippen molar-refractivity contribution in [2.75, 3.05) is 0 Å². The lowest BCUT2D eigenvalue weighted by Gasteiger charge is -2.05. The third-order valence-corrected chi connectivity index (χ3v) is 4.33. The molecule has 1 fully saturated rings.